The highest BCUT2D eigenvalue weighted by Gasteiger charge is 2.11. The van der Waals surface area contributed by atoms with Crippen LogP contribution in [0.4, 0.5) is 4.39 Å². The monoisotopic (exact) mass is 233 g/mol. The molecule has 1 aromatic carbocycles. The van der Waals surface area contributed by atoms with Crippen molar-refractivity contribution >= 4 is 5.91 Å². The normalized spacial score (nSPS) is 10.2. The predicted octanol–water partition coefficient (Wildman–Crippen LogP) is 1.79. The topological polar surface area (TPSA) is 57.8 Å². The van der Waals surface area contributed by atoms with Crippen molar-refractivity contribution in [2.75, 3.05) is 0 Å². The number of aromatic nitrogens is 2. The van der Waals surface area contributed by atoms with E-state index < -0.39 is 0 Å². The molecule has 1 amide bonds. The molecule has 0 saturated heterocycles. The van der Waals surface area contributed by atoms with Crippen LogP contribution in [-0.4, -0.2) is 15.9 Å². The lowest BCUT2D eigenvalue weighted by molar-refractivity contribution is 0.0945. The van der Waals surface area contributed by atoms with Crippen molar-refractivity contribution < 1.29 is 9.18 Å². The Kier molecular flexibility index (Phi) is 3.18. The van der Waals surface area contributed by atoms with Crippen LogP contribution in [0.25, 0.3) is 0 Å². The Balaban J connectivity index is 2.02. The molecule has 88 valence electrons. The maximum atomic E-state index is 13.3. The number of hydrogen-bond acceptors (Lipinski definition) is 2. The van der Waals surface area contributed by atoms with Crippen molar-refractivity contribution in [3.8, 4) is 0 Å². The van der Waals surface area contributed by atoms with Crippen molar-refractivity contribution in [1.29, 1.82) is 0 Å². The van der Waals surface area contributed by atoms with Gasteiger partial charge in [-0.15, -0.1) is 0 Å². The summed E-state index contributed by atoms with van der Waals surface area (Å²) in [5.74, 6) is -0.640. The van der Waals surface area contributed by atoms with E-state index in [1.165, 1.54) is 12.4 Å². The number of aromatic amines is 1. The van der Waals surface area contributed by atoms with Gasteiger partial charge in [0.2, 0.25) is 0 Å². The summed E-state index contributed by atoms with van der Waals surface area (Å²) in [6, 6.07) is 6.33. The number of carbonyl (C=O) groups excluding carboxylic acids is 1. The van der Waals surface area contributed by atoms with Crippen molar-refractivity contribution in [1.82, 2.24) is 15.3 Å². The maximum absolute atomic E-state index is 13.3. The van der Waals surface area contributed by atoms with Crippen molar-refractivity contribution in [3.63, 3.8) is 0 Å². The van der Waals surface area contributed by atoms with E-state index in [2.05, 4.69) is 15.3 Å². The number of benzene rings is 1. The largest absolute Gasteiger partial charge is 0.348 e. The molecule has 0 saturated carbocycles. The van der Waals surface area contributed by atoms with Gasteiger partial charge < -0.3 is 10.3 Å². The quantitative estimate of drug-likeness (QED) is 0.849. The van der Waals surface area contributed by atoms with Crippen LogP contribution < -0.4 is 5.32 Å². The number of halogens is 1. The summed E-state index contributed by atoms with van der Waals surface area (Å²) in [6.45, 7) is 1.91. The number of H-pyrrole nitrogens is 1. The van der Waals surface area contributed by atoms with Gasteiger partial charge in [0.05, 0.1) is 6.33 Å². The second-order valence-electron chi connectivity index (χ2n) is 3.65. The Morgan fingerprint density at radius 1 is 1.47 bits per heavy atom. The average Bonchev–Trinajstić information content (AvgIpc) is 2.74. The summed E-state index contributed by atoms with van der Waals surface area (Å²) in [5.41, 5.74) is 1.48. The molecule has 1 heterocycles. The van der Waals surface area contributed by atoms with Gasteiger partial charge in [-0.2, -0.15) is 0 Å². The first-order valence-corrected chi connectivity index (χ1v) is 5.20. The summed E-state index contributed by atoms with van der Waals surface area (Å²) in [5, 5.41) is 2.62. The molecule has 2 N–H and O–H groups in total. The minimum absolute atomic E-state index is 0.151. The van der Waals surface area contributed by atoms with Gasteiger partial charge >= 0.3 is 0 Å². The van der Waals surface area contributed by atoms with Crippen molar-refractivity contribution in [3.05, 3.63) is 53.4 Å². The van der Waals surface area contributed by atoms with Crippen LogP contribution in [0.5, 0.6) is 0 Å². The smallest absolute Gasteiger partial charge is 0.272 e. The van der Waals surface area contributed by atoms with Crippen LogP contribution in [0.2, 0.25) is 0 Å². The Bertz CT molecular complexity index is 536. The fourth-order valence-corrected chi connectivity index (χ4v) is 1.49. The molecule has 0 aliphatic rings. The zero-order chi connectivity index (χ0) is 12.3. The van der Waals surface area contributed by atoms with E-state index in [1.807, 2.05) is 0 Å². The molecular weight excluding hydrogens is 221 g/mol. The van der Waals surface area contributed by atoms with Crippen molar-refractivity contribution in [2.24, 2.45) is 0 Å². The zero-order valence-electron chi connectivity index (χ0n) is 9.33. The zero-order valence-corrected chi connectivity index (χ0v) is 9.33. The number of amides is 1. The molecule has 0 fully saturated rings. The van der Waals surface area contributed by atoms with E-state index in [0.717, 1.165) is 0 Å². The first-order chi connectivity index (χ1) is 8.18. The average molecular weight is 233 g/mol. The number of aryl methyl sites for hydroxylation is 1. The molecule has 0 bridgehead atoms. The number of nitrogens with zero attached hydrogens (tertiary/aromatic N) is 1. The maximum Gasteiger partial charge on any atom is 0.272 e. The summed E-state index contributed by atoms with van der Waals surface area (Å²) in [4.78, 5) is 18.4. The fourth-order valence-electron chi connectivity index (χ4n) is 1.49. The van der Waals surface area contributed by atoms with Crippen LogP contribution >= 0.6 is 0 Å². The van der Waals surface area contributed by atoms with E-state index in [0.29, 0.717) is 17.0 Å². The number of nitrogens with one attached hydrogen (secondary N) is 2. The first kappa shape index (κ1) is 11.3. The molecule has 0 aliphatic carbocycles. The van der Waals surface area contributed by atoms with E-state index in [9.17, 15) is 9.18 Å². The molecule has 0 radical (unpaired) electrons. The Hall–Kier alpha value is -2.17. The highest BCUT2D eigenvalue weighted by atomic mass is 19.1. The lowest BCUT2D eigenvalue weighted by atomic mass is 10.2. The Morgan fingerprint density at radius 3 is 2.88 bits per heavy atom. The summed E-state index contributed by atoms with van der Waals surface area (Å²) in [7, 11) is 0. The molecule has 1 aromatic heterocycles. The van der Waals surface area contributed by atoms with Gasteiger partial charge in [0.15, 0.2) is 0 Å². The third-order valence-corrected chi connectivity index (χ3v) is 2.44. The van der Waals surface area contributed by atoms with E-state index in [-0.39, 0.29) is 18.3 Å². The van der Waals surface area contributed by atoms with E-state index in [1.54, 1.807) is 25.1 Å². The van der Waals surface area contributed by atoms with E-state index >= 15 is 0 Å². The molecule has 5 heteroatoms. The number of imidazole rings is 1. The van der Waals surface area contributed by atoms with Gasteiger partial charge in [0.25, 0.3) is 5.91 Å². The van der Waals surface area contributed by atoms with Gasteiger partial charge in [0, 0.05) is 17.8 Å². The van der Waals surface area contributed by atoms with Gasteiger partial charge in [-0.25, -0.2) is 9.37 Å². The third-order valence-electron chi connectivity index (χ3n) is 2.44. The number of hydrogen-bond donors (Lipinski definition) is 2. The van der Waals surface area contributed by atoms with Crippen LogP contribution in [-0.2, 0) is 6.54 Å². The number of carbonyl (C=O) groups is 1. The Labute approximate surface area is 97.9 Å². The predicted molar refractivity (Wildman–Crippen MR) is 60.9 cm³/mol. The summed E-state index contributed by atoms with van der Waals surface area (Å²) < 4.78 is 13.3. The van der Waals surface area contributed by atoms with Crippen LogP contribution in [0.3, 0.4) is 0 Å². The highest BCUT2D eigenvalue weighted by Crippen LogP contribution is 2.06. The minimum atomic E-state index is -0.327. The molecule has 0 unspecified atom stereocenters. The standard InChI is InChI=1S/C12H12FN3O/c1-8-11(16-7-15-8)12(17)14-6-9-4-2-3-5-10(9)13/h2-5,7H,6H2,1H3,(H,14,17)(H,15,16). The SMILES string of the molecule is Cc1[nH]cnc1C(=O)NCc1ccccc1F. The minimum Gasteiger partial charge on any atom is -0.348 e. The molecule has 17 heavy (non-hydrogen) atoms. The second kappa shape index (κ2) is 4.78. The third kappa shape index (κ3) is 2.50. The van der Waals surface area contributed by atoms with Crippen LogP contribution in [0, 0.1) is 12.7 Å². The summed E-state index contributed by atoms with van der Waals surface area (Å²) >= 11 is 0. The molecule has 2 aromatic rings. The fraction of sp³-hybridized carbons (Fsp3) is 0.167. The van der Waals surface area contributed by atoms with Crippen LogP contribution in [0.1, 0.15) is 21.7 Å². The van der Waals surface area contributed by atoms with Gasteiger partial charge in [0.1, 0.15) is 11.5 Å². The molecular formula is C12H12FN3O. The van der Waals surface area contributed by atoms with Gasteiger partial charge in [-0.05, 0) is 13.0 Å². The van der Waals surface area contributed by atoms with Gasteiger partial charge in [-0.1, -0.05) is 18.2 Å². The molecule has 4 nitrogen and oxygen atoms in total. The molecule has 0 aliphatic heterocycles. The molecule has 0 spiro atoms. The highest BCUT2D eigenvalue weighted by molar-refractivity contribution is 5.93. The lowest BCUT2D eigenvalue weighted by Crippen LogP contribution is -2.24. The van der Waals surface area contributed by atoms with Crippen molar-refractivity contribution in [2.45, 2.75) is 13.5 Å². The van der Waals surface area contributed by atoms with E-state index in [4.69, 9.17) is 0 Å². The lowest BCUT2D eigenvalue weighted by Gasteiger charge is -2.05. The van der Waals surface area contributed by atoms with Gasteiger partial charge in [-0.3, -0.25) is 4.79 Å². The second-order valence-corrected chi connectivity index (χ2v) is 3.65. The first-order valence-electron chi connectivity index (χ1n) is 5.20. The number of rotatable bonds is 3. The summed E-state index contributed by atoms with van der Waals surface area (Å²) in [6.07, 6.45) is 1.45. The van der Waals surface area contributed by atoms with Crippen LogP contribution in [0.15, 0.2) is 30.6 Å². The Morgan fingerprint density at radius 2 is 2.24 bits per heavy atom. The molecule has 0 atom stereocenters. The molecule has 2 rings (SSSR count).